The molecule has 1 unspecified atom stereocenters. The van der Waals surface area contributed by atoms with Crippen LogP contribution in [-0.4, -0.2) is 81.3 Å². The molecule has 0 radical (unpaired) electrons. The number of amides is 2. The van der Waals surface area contributed by atoms with Gasteiger partial charge in [-0.3, -0.25) is 19.3 Å². The van der Waals surface area contributed by atoms with Crippen molar-refractivity contribution in [3.8, 4) is 11.8 Å². The largest absolute Gasteiger partial charge is 0.383 e. The van der Waals surface area contributed by atoms with E-state index in [4.69, 9.17) is 22.1 Å². The Hall–Kier alpha value is -4.01. The molecule has 2 aliphatic carbocycles. The lowest BCUT2D eigenvalue weighted by Crippen LogP contribution is -2.37. The van der Waals surface area contributed by atoms with Crippen LogP contribution >= 0.6 is 11.6 Å². The molecule has 212 valence electrons. The highest BCUT2D eigenvalue weighted by Gasteiger charge is 2.38. The van der Waals surface area contributed by atoms with Gasteiger partial charge in [-0.1, -0.05) is 29.2 Å². The van der Waals surface area contributed by atoms with Gasteiger partial charge in [0.1, 0.15) is 12.0 Å². The SMILES string of the molecule is C=CC(=O)N1CC(/C=[N+]2/N=C(C#Cc3c(Cl)cc(C4CC4)n4c(C5CC5)nnc34)C(C(N)=O)=C2NC)C[C@@H]1COC. The molecule has 2 aromatic heterocycles. The van der Waals surface area contributed by atoms with Crippen LogP contribution in [0.25, 0.3) is 5.65 Å². The van der Waals surface area contributed by atoms with Crippen LogP contribution in [0, 0.1) is 17.8 Å². The molecule has 11 nitrogen and oxygen atoms in total. The smallest absolute Gasteiger partial charge is 0.315 e. The number of ether oxygens (including phenoxy) is 1. The van der Waals surface area contributed by atoms with E-state index in [0.29, 0.717) is 53.5 Å². The van der Waals surface area contributed by atoms with Crippen molar-refractivity contribution in [1.82, 2.24) is 24.8 Å². The number of fused-ring (bicyclic) bond motifs is 1. The van der Waals surface area contributed by atoms with E-state index >= 15 is 0 Å². The topological polar surface area (TPSA) is 130 Å². The van der Waals surface area contributed by atoms with Crippen LogP contribution in [-0.2, 0) is 14.3 Å². The highest BCUT2D eigenvalue weighted by atomic mass is 35.5. The molecule has 2 aliphatic heterocycles. The summed E-state index contributed by atoms with van der Waals surface area (Å²) in [5.74, 6) is 7.54. The van der Waals surface area contributed by atoms with Gasteiger partial charge < -0.3 is 15.4 Å². The average molecular weight is 576 g/mol. The second kappa shape index (κ2) is 10.8. The van der Waals surface area contributed by atoms with Crippen LogP contribution < -0.4 is 11.1 Å². The number of hydrogen-bond donors (Lipinski definition) is 2. The summed E-state index contributed by atoms with van der Waals surface area (Å²) in [6.45, 7) is 4.49. The number of nitrogens with zero attached hydrogens (tertiary/aromatic N) is 6. The fraction of sp³-hybridized carbons (Fsp3) is 0.448. The van der Waals surface area contributed by atoms with Gasteiger partial charge in [0.2, 0.25) is 5.91 Å². The first-order valence-corrected chi connectivity index (χ1v) is 14.2. The fourth-order valence-electron chi connectivity index (χ4n) is 5.71. The van der Waals surface area contributed by atoms with Gasteiger partial charge in [-0.25, -0.2) is 0 Å². The molecular weight excluding hydrogens is 544 g/mol. The van der Waals surface area contributed by atoms with Crippen molar-refractivity contribution in [2.24, 2.45) is 16.8 Å². The maximum absolute atomic E-state index is 12.6. The number of nitrogens with one attached hydrogen (secondary N) is 1. The number of carbonyl (C=O) groups excluding carboxylic acids is 2. The number of hydrazone groups is 1. The molecule has 4 aliphatic rings. The molecule has 2 aromatic rings. The van der Waals surface area contributed by atoms with E-state index in [0.717, 1.165) is 37.2 Å². The lowest BCUT2D eigenvalue weighted by molar-refractivity contribution is -0.481. The summed E-state index contributed by atoms with van der Waals surface area (Å²) in [5.41, 5.74) is 8.47. The third kappa shape index (κ3) is 5.02. The van der Waals surface area contributed by atoms with E-state index in [9.17, 15) is 9.59 Å². The summed E-state index contributed by atoms with van der Waals surface area (Å²) >= 11 is 6.75. The Labute approximate surface area is 242 Å². The lowest BCUT2D eigenvalue weighted by atomic mass is 10.1. The molecule has 2 saturated carbocycles. The summed E-state index contributed by atoms with van der Waals surface area (Å²) in [4.78, 5) is 26.7. The minimum atomic E-state index is -0.663. The number of halogens is 1. The molecular formula is C29H32ClN8O3+. The monoisotopic (exact) mass is 575 g/mol. The molecule has 12 heteroatoms. The number of carbonyl (C=O) groups is 2. The molecule has 0 spiro atoms. The van der Waals surface area contributed by atoms with Crippen molar-refractivity contribution in [1.29, 1.82) is 0 Å². The third-order valence-corrected chi connectivity index (χ3v) is 8.23. The van der Waals surface area contributed by atoms with Gasteiger partial charge in [0.15, 0.2) is 16.9 Å². The van der Waals surface area contributed by atoms with Gasteiger partial charge >= 0.3 is 5.82 Å². The van der Waals surface area contributed by atoms with Gasteiger partial charge in [0.25, 0.3) is 5.91 Å². The van der Waals surface area contributed by atoms with Crippen LogP contribution in [0.15, 0.2) is 35.2 Å². The Kier molecular flexibility index (Phi) is 7.13. The molecule has 3 fully saturated rings. The quantitative estimate of drug-likeness (QED) is 0.281. The van der Waals surface area contributed by atoms with Crippen LogP contribution in [0.4, 0.5) is 0 Å². The molecule has 4 heterocycles. The van der Waals surface area contributed by atoms with Gasteiger partial charge in [0.05, 0.1) is 30.3 Å². The van der Waals surface area contributed by atoms with Gasteiger partial charge in [-0.2, -0.15) is 0 Å². The minimum Gasteiger partial charge on any atom is -0.383 e. The first-order chi connectivity index (χ1) is 19.8. The molecule has 0 aromatic carbocycles. The summed E-state index contributed by atoms with van der Waals surface area (Å²) in [6.07, 6.45) is 8.29. The van der Waals surface area contributed by atoms with Crippen molar-refractivity contribution in [3.05, 3.63) is 52.2 Å². The van der Waals surface area contributed by atoms with Crippen molar-refractivity contribution in [2.45, 2.75) is 50.0 Å². The predicted octanol–water partition coefficient (Wildman–Crippen LogP) is 1.91. The molecule has 1 saturated heterocycles. The summed E-state index contributed by atoms with van der Waals surface area (Å²) in [7, 11) is 3.30. The fourth-order valence-corrected chi connectivity index (χ4v) is 5.95. The Balaban J connectivity index is 1.38. The molecule has 2 atom stereocenters. The number of methoxy groups -OCH3 is 1. The second-order valence-corrected chi connectivity index (χ2v) is 11.3. The summed E-state index contributed by atoms with van der Waals surface area (Å²) in [6, 6.07) is 1.88. The average Bonchev–Trinajstić information content (AvgIpc) is 3.87. The molecule has 41 heavy (non-hydrogen) atoms. The third-order valence-electron chi connectivity index (χ3n) is 7.94. The molecule has 3 N–H and O–H groups in total. The summed E-state index contributed by atoms with van der Waals surface area (Å²) in [5, 5.41) is 17.1. The minimum absolute atomic E-state index is 0.0477. The number of rotatable bonds is 8. The van der Waals surface area contributed by atoms with Gasteiger partial charge in [-0.05, 0) is 56.1 Å². The van der Waals surface area contributed by atoms with E-state index in [2.05, 4.69) is 43.4 Å². The van der Waals surface area contributed by atoms with Crippen LogP contribution in [0.5, 0.6) is 0 Å². The van der Waals surface area contributed by atoms with E-state index < -0.39 is 5.91 Å². The number of likely N-dealkylation sites (tertiary alicyclic amines) is 1. The van der Waals surface area contributed by atoms with Crippen LogP contribution in [0.2, 0.25) is 5.02 Å². The molecule has 2 amide bonds. The van der Waals surface area contributed by atoms with Gasteiger partial charge in [0, 0.05) is 31.2 Å². The zero-order chi connectivity index (χ0) is 28.8. The number of pyridine rings is 1. The lowest BCUT2D eigenvalue weighted by Gasteiger charge is -2.22. The maximum atomic E-state index is 12.6. The molecule has 6 rings (SSSR count). The Morgan fingerprint density at radius 2 is 2.02 bits per heavy atom. The Bertz CT molecular complexity index is 1620. The number of primary amides is 1. The van der Waals surface area contributed by atoms with Crippen molar-refractivity contribution < 1.29 is 19.0 Å². The van der Waals surface area contributed by atoms with Crippen LogP contribution in [0.3, 0.4) is 0 Å². The highest BCUT2D eigenvalue weighted by molar-refractivity contribution is 6.33. The number of hydrogen-bond acceptors (Lipinski definition) is 7. The van der Waals surface area contributed by atoms with Crippen LogP contribution in [0.1, 0.15) is 61.0 Å². The Morgan fingerprint density at radius 1 is 1.27 bits per heavy atom. The predicted molar refractivity (Wildman–Crippen MR) is 154 cm³/mol. The standard InChI is InChI=1S/C29H31ClN8O3/c1-4-24(39)36-13-16(11-19(36)15-41-3)14-37-29(32-2)25(26(31)40)22(35-37)10-9-20-21(30)12-23(17-5-6-17)38-27(18-7-8-18)33-34-28(20)38/h4,12,14,16-19H,1,5-8,11,13,15H2,2-3H3,(H2-,31,32,35,40)/p+1/b37-14+/t16?,19-/m1/s1. The number of aromatic nitrogens is 3. The zero-order valence-corrected chi connectivity index (χ0v) is 23.8. The van der Waals surface area contributed by atoms with E-state index in [1.165, 1.54) is 6.08 Å². The van der Waals surface area contributed by atoms with Crippen molar-refractivity contribution in [3.63, 3.8) is 0 Å². The zero-order valence-electron chi connectivity index (χ0n) is 23.1. The van der Waals surface area contributed by atoms with Crippen molar-refractivity contribution >= 4 is 41.0 Å². The Morgan fingerprint density at radius 3 is 2.66 bits per heavy atom. The van der Waals surface area contributed by atoms with E-state index in [1.54, 1.807) is 23.7 Å². The van der Waals surface area contributed by atoms with Gasteiger partial charge in [-0.15, -0.1) is 14.9 Å². The van der Waals surface area contributed by atoms with E-state index in [1.807, 2.05) is 12.3 Å². The highest BCUT2D eigenvalue weighted by Crippen LogP contribution is 2.45. The normalized spacial score (nSPS) is 23.1. The maximum Gasteiger partial charge on any atom is 0.315 e. The summed E-state index contributed by atoms with van der Waals surface area (Å²) < 4.78 is 9.03. The number of nitrogens with two attached hydrogens (primary N) is 1. The first kappa shape index (κ1) is 27.2. The second-order valence-electron chi connectivity index (χ2n) is 10.9. The van der Waals surface area contributed by atoms with E-state index in [-0.39, 0.29) is 29.2 Å². The first-order valence-electron chi connectivity index (χ1n) is 13.8. The van der Waals surface area contributed by atoms with Crippen molar-refractivity contribution in [2.75, 3.05) is 27.3 Å². The molecule has 0 bridgehead atoms.